The number of aromatic nitrogens is 1. The molecule has 6 nitrogen and oxygen atoms in total. The molecule has 3 rings (SSSR count). The third-order valence-electron chi connectivity index (χ3n) is 4.08. The van der Waals surface area contributed by atoms with Gasteiger partial charge in [-0.05, 0) is 30.3 Å². The fraction of sp³-hybridized carbons (Fsp3) is 0.278. The van der Waals surface area contributed by atoms with Gasteiger partial charge in [0.1, 0.15) is 5.75 Å². The maximum Gasteiger partial charge on any atom is 0.229 e. The number of carbonyl (C=O) groups excluding carboxylic acids is 2. The normalized spacial score (nSPS) is 16.8. The average molecular weight is 360 g/mol. The van der Waals surface area contributed by atoms with Crippen LogP contribution < -0.4 is 10.1 Å². The highest BCUT2D eigenvalue weighted by atomic mass is 35.5. The molecule has 2 amide bonds. The summed E-state index contributed by atoms with van der Waals surface area (Å²) in [6.07, 6.45) is 1.88. The van der Waals surface area contributed by atoms with Gasteiger partial charge in [-0.3, -0.25) is 14.6 Å². The molecule has 1 fully saturated rings. The first-order chi connectivity index (χ1) is 12.1. The summed E-state index contributed by atoms with van der Waals surface area (Å²) < 4.78 is 5.09. The Morgan fingerprint density at radius 2 is 2.24 bits per heavy atom. The van der Waals surface area contributed by atoms with E-state index in [0.29, 0.717) is 29.5 Å². The Morgan fingerprint density at radius 3 is 2.92 bits per heavy atom. The van der Waals surface area contributed by atoms with E-state index in [9.17, 15) is 9.59 Å². The molecule has 1 aliphatic heterocycles. The molecular weight excluding hydrogens is 342 g/mol. The zero-order valence-corrected chi connectivity index (χ0v) is 14.5. The highest BCUT2D eigenvalue weighted by Gasteiger charge is 2.34. The van der Waals surface area contributed by atoms with Crippen LogP contribution in [0.5, 0.6) is 5.75 Å². The number of nitrogens with zero attached hydrogens (tertiary/aromatic N) is 2. The van der Waals surface area contributed by atoms with E-state index in [2.05, 4.69) is 10.3 Å². The predicted octanol–water partition coefficient (Wildman–Crippen LogP) is 2.73. The number of nitrogens with one attached hydrogen (secondary N) is 1. The number of amides is 2. The van der Waals surface area contributed by atoms with Crippen LogP contribution in [-0.2, 0) is 16.1 Å². The van der Waals surface area contributed by atoms with E-state index in [-0.39, 0.29) is 18.2 Å². The van der Waals surface area contributed by atoms with Gasteiger partial charge in [-0.2, -0.15) is 0 Å². The summed E-state index contributed by atoms with van der Waals surface area (Å²) >= 11 is 6.06. The topological polar surface area (TPSA) is 71.5 Å². The van der Waals surface area contributed by atoms with Crippen LogP contribution in [0.2, 0.25) is 5.02 Å². The van der Waals surface area contributed by atoms with Crippen LogP contribution in [-0.4, -0.2) is 35.4 Å². The van der Waals surface area contributed by atoms with Crippen LogP contribution in [0.15, 0.2) is 42.6 Å². The zero-order valence-electron chi connectivity index (χ0n) is 13.7. The first-order valence-electron chi connectivity index (χ1n) is 7.89. The Bertz CT molecular complexity index is 782. The zero-order chi connectivity index (χ0) is 17.8. The third-order valence-corrected chi connectivity index (χ3v) is 4.38. The molecule has 1 saturated heterocycles. The Balaban J connectivity index is 1.61. The van der Waals surface area contributed by atoms with E-state index < -0.39 is 5.92 Å². The van der Waals surface area contributed by atoms with Crippen molar-refractivity contribution < 1.29 is 14.3 Å². The van der Waals surface area contributed by atoms with Gasteiger partial charge in [-0.15, -0.1) is 0 Å². The fourth-order valence-corrected chi connectivity index (χ4v) is 3.03. The smallest absolute Gasteiger partial charge is 0.229 e. The maximum absolute atomic E-state index is 12.4. The second-order valence-corrected chi connectivity index (χ2v) is 6.24. The van der Waals surface area contributed by atoms with Crippen LogP contribution in [0.3, 0.4) is 0 Å². The van der Waals surface area contributed by atoms with Gasteiger partial charge in [0.15, 0.2) is 0 Å². The first-order valence-corrected chi connectivity index (χ1v) is 8.26. The molecule has 2 heterocycles. The Hall–Kier alpha value is -2.60. The number of benzene rings is 1. The fourth-order valence-electron chi connectivity index (χ4n) is 2.78. The molecule has 2 aromatic rings. The molecule has 1 aromatic carbocycles. The van der Waals surface area contributed by atoms with Crippen LogP contribution >= 0.6 is 11.6 Å². The first kappa shape index (κ1) is 17.2. The van der Waals surface area contributed by atoms with E-state index in [4.69, 9.17) is 16.3 Å². The Labute approximate surface area is 150 Å². The number of hydrogen-bond donors (Lipinski definition) is 1. The highest BCUT2D eigenvalue weighted by molar-refractivity contribution is 6.32. The van der Waals surface area contributed by atoms with Crippen molar-refractivity contribution >= 4 is 29.1 Å². The quantitative estimate of drug-likeness (QED) is 0.891. The van der Waals surface area contributed by atoms with Crippen molar-refractivity contribution in [3.63, 3.8) is 0 Å². The standard InChI is InChI=1S/C18H18ClN3O3/c1-25-16-6-5-13(9-15(16)19)21-18(24)12-8-17(23)22(10-12)11-14-4-2-3-7-20-14/h2-7,9,12H,8,10-11H2,1H3,(H,21,24). The van der Waals surface area contributed by atoms with E-state index >= 15 is 0 Å². The molecule has 130 valence electrons. The van der Waals surface area contributed by atoms with E-state index in [1.165, 1.54) is 7.11 Å². The number of ether oxygens (including phenoxy) is 1. The third kappa shape index (κ3) is 4.09. The van der Waals surface area contributed by atoms with Crippen LogP contribution in [0.25, 0.3) is 0 Å². The number of halogens is 1. The number of likely N-dealkylation sites (tertiary alicyclic amines) is 1. The van der Waals surface area contributed by atoms with Crippen LogP contribution in [0, 0.1) is 5.92 Å². The van der Waals surface area contributed by atoms with Gasteiger partial charge in [-0.25, -0.2) is 0 Å². The summed E-state index contributed by atoms with van der Waals surface area (Å²) in [7, 11) is 1.53. The minimum atomic E-state index is -0.392. The number of carbonyl (C=O) groups is 2. The summed E-state index contributed by atoms with van der Waals surface area (Å²) in [5.41, 5.74) is 1.38. The summed E-state index contributed by atoms with van der Waals surface area (Å²) in [6, 6.07) is 10.6. The summed E-state index contributed by atoms with van der Waals surface area (Å²) in [5, 5.41) is 3.22. The second kappa shape index (κ2) is 7.53. The van der Waals surface area contributed by atoms with Crippen molar-refractivity contribution in [1.29, 1.82) is 0 Å². The van der Waals surface area contributed by atoms with Crippen LogP contribution in [0.4, 0.5) is 5.69 Å². The van der Waals surface area contributed by atoms with E-state index in [1.807, 2.05) is 18.2 Å². The molecule has 1 aliphatic rings. The van der Waals surface area contributed by atoms with Gasteiger partial charge in [0, 0.05) is 24.8 Å². The van der Waals surface area contributed by atoms with E-state index in [0.717, 1.165) is 5.69 Å². The molecule has 0 bridgehead atoms. The minimum absolute atomic E-state index is 0.0430. The molecule has 0 spiro atoms. The monoisotopic (exact) mass is 359 g/mol. The van der Waals surface area contributed by atoms with Crippen molar-refractivity contribution in [2.75, 3.05) is 19.0 Å². The number of rotatable bonds is 5. The lowest BCUT2D eigenvalue weighted by Gasteiger charge is -2.16. The largest absolute Gasteiger partial charge is 0.495 e. The van der Waals surface area contributed by atoms with Gasteiger partial charge < -0.3 is 15.0 Å². The summed E-state index contributed by atoms with van der Waals surface area (Å²) in [5.74, 6) is -0.0917. The molecule has 0 aliphatic carbocycles. The lowest BCUT2D eigenvalue weighted by molar-refractivity contribution is -0.128. The minimum Gasteiger partial charge on any atom is -0.495 e. The van der Waals surface area contributed by atoms with Gasteiger partial charge in [0.2, 0.25) is 11.8 Å². The summed E-state index contributed by atoms with van der Waals surface area (Å²) in [6.45, 7) is 0.795. The lowest BCUT2D eigenvalue weighted by atomic mass is 10.1. The Kier molecular flexibility index (Phi) is 5.19. The second-order valence-electron chi connectivity index (χ2n) is 5.83. The predicted molar refractivity (Wildman–Crippen MR) is 94.4 cm³/mol. The average Bonchev–Trinajstić information content (AvgIpc) is 2.97. The molecule has 1 N–H and O–H groups in total. The molecular formula is C18H18ClN3O3. The van der Waals surface area contributed by atoms with Gasteiger partial charge in [0.25, 0.3) is 0 Å². The van der Waals surface area contributed by atoms with Crippen molar-refractivity contribution in [2.24, 2.45) is 5.92 Å². The van der Waals surface area contributed by atoms with Crippen molar-refractivity contribution in [1.82, 2.24) is 9.88 Å². The summed E-state index contributed by atoms with van der Waals surface area (Å²) in [4.78, 5) is 30.5. The number of methoxy groups -OCH3 is 1. The molecule has 1 aromatic heterocycles. The number of anilines is 1. The van der Waals surface area contributed by atoms with Gasteiger partial charge in [0.05, 0.1) is 30.3 Å². The van der Waals surface area contributed by atoms with Gasteiger partial charge >= 0.3 is 0 Å². The maximum atomic E-state index is 12.4. The molecule has 7 heteroatoms. The number of hydrogen-bond acceptors (Lipinski definition) is 4. The van der Waals surface area contributed by atoms with Gasteiger partial charge in [-0.1, -0.05) is 17.7 Å². The molecule has 0 radical (unpaired) electrons. The molecule has 1 unspecified atom stereocenters. The highest BCUT2D eigenvalue weighted by Crippen LogP contribution is 2.28. The van der Waals surface area contributed by atoms with Crippen molar-refractivity contribution in [3.8, 4) is 5.75 Å². The molecule has 1 atom stereocenters. The van der Waals surface area contributed by atoms with Crippen molar-refractivity contribution in [3.05, 3.63) is 53.3 Å². The number of pyridine rings is 1. The molecule has 25 heavy (non-hydrogen) atoms. The Morgan fingerprint density at radius 1 is 1.40 bits per heavy atom. The van der Waals surface area contributed by atoms with E-state index in [1.54, 1.807) is 29.3 Å². The van der Waals surface area contributed by atoms with Crippen LogP contribution in [0.1, 0.15) is 12.1 Å². The van der Waals surface area contributed by atoms with Crippen molar-refractivity contribution in [2.45, 2.75) is 13.0 Å². The molecule has 0 saturated carbocycles. The SMILES string of the molecule is COc1ccc(NC(=O)C2CC(=O)N(Cc3ccccn3)C2)cc1Cl. The lowest BCUT2D eigenvalue weighted by Crippen LogP contribution is -2.28.